The van der Waals surface area contributed by atoms with Gasteiger partial charge < -0.3 is 18.6 Å². The van der Waals surface area contributed by atoms with E-state index in [0.717, 1.165) is 43.6 Å². The molecule has 2 heterocycles. The van der Waals surface area contributed by atoms with Crippen LogP contribution in [0.5, 0.6) is 11.5 Å². The molecule has 0 radical (unpaired) electrons. The Kier molecular flexibility index (Phi) is 8.60. The standard InChI is InChI=1S/C46H33ClN4O4/c1-3-50-41-33-16-10-8-12-28(33)20-24-37(41)48-43(50)35-27-40(55-46(53)31-18-22-32(47)23-19-31)36(26-39(35)54-45(52)30-14-6-5-7-15-30)44-49-38-25-21-29-13-9-11-17-34(29)42(38)51(44)4-2/h5-27H,3-4H2,1-2H3. The van der Waals surface area contributed by atoms with Gasteiger partial charge in [0, 0.05) is 28.9 Å². The topological polar surface area (TPSA) is 88.2 Å². The summed E-state index contributed by atoms with van der Waals surface area (Å²) >= 11 is 6.17. The zero-order valence-corrected chi connectivity index (χ0v) is 30.7. The predicted molar refractivity (Wildman–Crippen MR) is 218 cm³/mol. The van der Waals surface area contributed by atoms with Gasteiger partial charge in [-0.15, -0.1) is 0 Å². The van der Waals surface area contributed by atoms with Crippen LogP contribution in [-0.2, 0) is 13.1 Å². The van der Waals surface area contributed by atoms with Crippen molar-refractivity contribution in [1.29, 1.82) is 0 Å². The molecule has 0 fully saturated rings. The molecule has 2 aromatic heterocycles. The molecule has 268 valence electrons. The maximum absolute atomic E-state index is 13.9. The molecule has 0 spiro atoms. The fraction of sp³-hybridized carbons (Fsp3) is 0.0870. The molecule has 0 saturated heterocycles. The van der Waals surface area contributed by atoms with Crippen LogP contribution in [-0.4, -0.2) is 31.0 Å². The molecule has 0 unspecified atom stereocenters. The van der Waals surface area contributed by atoms with E-state index in [1.165, 1.54) is 0 Å². The quantitative estimate of drug-likeness (QED) is 0.114. The van der Waals surface area contributed by atoms with Crippen LogP contribution >= 0.6 is 11.6 Å². The lowest BCUT2D eigenvalue weighted by molar-refractivity contribution is 0.0720. The van der Waals surface area contributed by atoms with Crippen LogP contribution in [0.3, 0.4) is 0 Å². The summed E-state index contributed by atoms with van der Waals surface area (Å²) in [5, 5.41) is 4.73. The van der Waals surface area contributed by atoms with Crippen molar-refractivity contribution >= 4 is 67.2 Å². The van der Waals surface area contributed by atoms with Crippen molar-refractivity contribution in [1.82, 2.24) is 19.1 Å². The van der Waals surface area contributed by atoms with E-state index < -0.39 is 11.9 Å². The number of esters is 2. The number of benzene rings is 7. The smallest absolute Gasteiger partial charge is 0.343 e. The summed E-state index contributed by atoms with van der Waals surface area (Å²) in [5.74, 6) is 0.435. The minimum absolute atomic E-state index is 0.225. The van der Waals surface area contributed by atoms with Crippen LogP contribution in [0, 0.1) is 0 Å². The molecule has 0 N–H and O–H groups in total. The monoisotopic (exact) mass is 740 g/mol. The van der Waals surface area contributed by atoms with E-state index in [2.05, 4.69) is 33.4 Å². The summed E-state index contributed by atoms with van der Waals surface area (Å²) in [6.07, 6.45) is 0. The minimum Gasteiger partial charge on any atom is -0.422 e. The lowest BCUT2D eigenvalue weighted by Crippen LogP contribution is -2.13. The second-order valence-corrected chi connectivity index (χ2v) is 13.6. The van der Waals surface area contributed by atoms with E-state index in [-0.39, 0.29) is 11.5 Å². The maximum atomic E-state index is 13.9. The van der Waals surface area contributed by atoms with Crippen molar-refractivity contribution < 1.29 is 19.1 Å². The largest absolute Gasteiger partial charge is 0.422 e. The van der Waals surface area contributed by atoms with Gasteiger partial charge in [-0.25, -0.2) is 19.6 Å². The number of carbonyl (C=O) groups excluding carboxylic acids is 2. The fourth-order valence-corrected chi connectivity index (χ4v) is 7.50. The van der Waals surface area contributed by atoms with Crippen LogP contribution in [0.15, 0.2) is 140 Å². The van der Waals surface area contributed by atoms with Crippen LogP contribution in [0.4, 0.5) is 0 Å². The van der Waals surface area contributed by atoms with Gasteiger partial charge in [-0.3, -0.25) is 0 Å². The molecule has 7 aromatic carbocycles. The molecule has 0 amide bonds. The van der Waals surface area contributed by atoms with Crippen molar-refractivity contribution in [2.45, 2.75) is 26.9 Å². The summed E-state index contributed by atoms with van der Waals surface area (Å²) in [6, 6.07) is 43.3. The first-order valence-corrected chi connectivity index (χ1v) is 18.5. The molecule has 9 aromatic rings. The highest BCUT2D eigenvalue weighted by molar-refractivity contribution is 6.30. The highest BCUT2D eigenvalue weighted by atomic mass is 35.5. The average Bonchev–Trinajstić information content (AvgIpc) is 3.80. The van der Waals surface area contributed by atoms with E-state index in [1.54, 1.807) is 60.7 Å². The Hall–Kier alpha value is -6.77. The van der Waals surface area contributed by atoms with E-state index in [9.17, 15) is 9.59 Å². The molecule has 0 bridgehead atoms. The number of aromatic nitrogens is 4. The molecular formula is C46H33ClN4O4. The summed E-state index contributed by atoms with van der Waals surface area (Å²) in [5.41, 5.74) is 5.08. The van der Waals surface area contributed by atoms with Crippen molar-refractivity contribution in [2.75, 3.05) is 0 Å². The number of carbonyl (C=O) groups is 2. The van der Waals surface area contributed by atoms with Crippen LogP contribution in [0.25, 0.3) is 66.4 Å². The summed E-state index contributed by atoms with van der Waals surface area (Å²) in [6.45, 7) is 5.21. The third-order valence-electron chi connectivity index (χ3n) is 9.95. The lowest BCUT2D eigenvalue weighted by Gasteiger charge is -2.18. The van der Waals surface area contributed by atoms with Crippen LogP contribution in [0.1, 0.15) is 34.6 Å². The van der Waals surface area contributed by atoms with Crippen LogP contribution < -0.4 is 9.47 Å². The predicted octanol–water partition coefficient (Wildman–Crippen LogP) is 11.2. The molecular weight excluding hydrogens is 708 g/mol. The van der Waals surface area contributed by atoms with Crippen molar-refractivity contribution in [3.63, 3.8) is 0 Å². The molecule has 9 heteroatoms. The van der Waals surface area contributed by atoms with E-state index in [4.69, 9.17) is 31.0 Å². The number of fused-ring (bicyclic) bond motifs is 6. The second kappa shape index (κ2) is 13.9. The van der Waals surface area contributed by atoms with E-state index >= 15 is 0 Å². The SMILES string of the molecule is CCn1c(-c2cc(OC(=O)c3ccc(Cl)cc3)c(-c3nc4ccc5ccccc5c4n3CC)cc2OC(=O)c2ccccc2)nc2ccc3ccccc3c21. The van der Waals surface area contributed by atoms with Crippen molar-refractivity contribution in [3.8, 4) is 34.3 Å². The zero-order chi connectivity index (χ0) is 37.6. The Bertz CT molecular complexity index is 2950. The highest BCUT2D eigenvalue weighted by Gasteiger charge is 2.27. The summed E-state index contributed by atoms with van der Waals surface area (Å²) < 4.78 is 16.8. The van der Waals surface area contributed by atoms with Gasteiger partial charge in [0.15, 0.2) is 0 Å². The first-order chi connectivity index (χ1) is 26.9. The lowest BCUT2D eigenvalue weighted by atomic mass is 10.1. The molecule has 9 rings (SSSR count). The van der Waals surface area contributed by atoms with Gasteiger partial charge in [0.25, 0.3) is 0 Å². The Morgan fingerprint density at radius 2 is 0.982 bits per heavy atom. The van der Waals surface area contributed by atoms with E-state index in [1.807, 2.05) is 68.4 Å². The van der Waals surface area contributed by atoms with Crippen LogP contribution in [0.2, 0.25) is 5.02 Å². The zero-order valence-electron chi connectivity index (χ0n) is 30.0. The fourth-order valence-electron chi connectivity index (χ4n) is 7.38. The highest BCUT2D eigenvalue weighted by Crippen LogP contribution is 2.44. The third-order valence-corrected chi connectivity index (χ3v) is 10.2. The van der Waals surface area contributed by atoms with Gasteiger partial charge in [0.2, 0.25) is 0 Å². The first-order valence-electron chi connectivity index (χ1n) is 18.1. The summed E-state index contributed by atoms with van der Waals surface area (Å²) in [7, 11) is 0. The molecule has 0 aliphatic heterocycles. The number of ether oxygens (including phenoxy) is 2. The third kappa shape index (κ3) is 5.97. The number of hydrogen-bond acceptors (Lipinski definition) is 6. The average molecular weight is 741 g/mol. The molecule has 0 saturated carbocycles. The minimum atomic E-state index is -0.586. The van der Waals surface area contributed by atoms with Gasteiger partial charge in [-0.05, 0) is 85.3 Å². The molecule has 0 aliphatic carbocycles. The molecule has 0 aliphatic rings. The number of rotatable bonds is 8. The van der Waals surface area contributed by atoms with Crippen molar-refractivity contribution in [3.05, 3.63) is 156 Å². The normalized spacial score (nSPS) is 11.5. The number of nitrogens with zero attached hydrogens (tertiary/aromatic N) is 4. The van der Waals surface area contributed by atoms with Crippen molar-refractivity contribution in [2.24, 2.45) is 0 Å². The van der Waals surface area contributed by atoms with Gasteiger partial charge in [0.1, 0.15) is 23.1 Å². The second-order valence-electron chi connectivity index (χ2n) is 13.2. The Balaban J connectivity index is 1.33. The molecule has 8 nitrogen and oxygen atoms in total. The Morgan fingerprint density at radius 3 is 1.45 bits per heavy atom. The van der Waals surface area contributed by atoms with E-state index in [0.29, 0.717) is 52.0 Å². The van der Waals surface area contributed by atoms with Gasteiger partial charge in [-0.2, -0.15) is 0 Å². The van der Waals surface area contributed by atoms with Gasteiger partial charge >= 0.3 is 11.9 Å². The van der Waals surface area contributed by atoms with Gasteiger partial charge in [-0.1, -0.05) is 90.5 Å². The first kappa shape index (κ1) is 34.0. The molecule has 55 heavy (non-hydrogen) atoms. The maximum Gasteiger partial charge on any atom is 0.343 e. The number of halogens is 1. The number of imidazole rings is 2. The molecule has 0 atom stereocenters. The number of aryl methyl sites for hydroxylation is 2. The summed E-state index contributed by atoms with van der Waals surface area (Å²) in [4.78, 5) is 38.0. The number of hydrogen-bond donors (Lipinski definition) is 0. The Morgan fingerprint density at radius 1 is 0.545 bits per heavy atom. The van der Waals surface area contributed by atoms with Gasteiger partial charge in [0.05, 0.1) is 44.3 Å². The Labute approximate surface area is 321 Å².